The first-order valence-electron chi connectivity index (χ1n) is 9.65. The lowest BCUT2D eigenvalue weighted by Gasteiger charge is -2.36. The molecule has 3 nitrogen and oxygen atoms in total. The van der Waals surface area contributed by atoms with Crippen molar-refractivity contribution < 1.29 is 4.79 Å². The molecular weight excluding hydrogens is 372 g/mol. The SMILES string of the molecule is Cc1cccc(N2CCN(C(=O)c3ccc(C4SCCCS4)cc3)CC2)c1. The van der Waals surface area contributed by atoms with Crippen molar-refractivity contribution >= 4 is 35.1 Å². The third-order valence-corrected chi connectivity index (χ3v) is 8.21. The van der Waals surface area contributed by atoms with E-state index >= 15 is 0 Å². The second-order valence-corrected chi connectivity index (χ2v) is 9.89. The number of hydrogen-bond donors (Lipinski definition) is 0. The molecule has 0 N–H and O–H groups in total. The molecule has 142 valence electrons. The Labute approximate surface area is 170 Å². The zero-order valence-corrected chi connectivity index (χ0v) is 17.4. The second-order valence-electron chi connectivity index (χ2n) is 7.17. The predicted octanol–water partition coefficient (Wildman–Crippen LogP) is 4.83. The molecule has 2 heterocycles. The summed E-state index contributed by atoms with van der Waals surface area (Å²) in [5, 5.41) is 0. The van der Waals surface area contributed by atoms with Crippen molar-refractivity contribution in [2.24, 2.45) is 0 Å². The fourth-order valence-electron chi connectivity index (χ4n) is 3.64. The quantitative estimate of drug-likeness (QED) is 0.739. The van der Waals surface area contributed by atoms with E-state index in [9.17, 15) is 4.79 Å². The summed E-state index contributed by atoms with van der Waals surface area (Å²) in [7, 11) is 0. The minimum Gasteiger partial charge on any atom is -0.368 e. The highest BCUT2D eigenvalue weighted by molar-refractivity contribution is 8.16. The third kappa shape index (κ3) is 4.46. The van der Waals surface area contributed by atoms with Crippen LogP contribution in [0.2, 0.25) is 0 Å². The fourth-order valence-corrected chi connectivity index (χ4v) is 6.53. The molecule has 4 rings (SSSR count). The van der Waals surface area contributed by atoms with Crippen molar-refractivity contribution in [2.45, 2.75) is 17.9 Å². The number of rotatable bonds is 3. The Morgan fingerprint density at radius 3 is 2.33 bits per heavy atom. The number of amides is 1. The lowest BCUT2D eigenvalue weighted by molar-refractivity contribution is 0.0747. The van der Waals surface area contributed by atoms with E-state index in [0.29, 0.717) is 4.58 Å². The normalized spacial score (nSPS) is 18.6. The summed E-state index contributed by atoms with van der Waals surface area (Å²) < 4.78 is 0.528. The molecular formula is C22H26N2OS2. The molecule has 0 spiro atoms. The number of carbonyl (C=O) groups excluding carboxylic acids is 1. The Balaban J connectivity index is 1.36. The van der Waals surface area contributed by atoms with Crippen LogP contribution in [0.3, 0.4) is 0 Å². The number of hydrogen-bond acceptors (Lipinski definition) is 4. The summed E-state index contributed by atoms with van der Waals surface area (Å²) in [4.78, 5) is 17.2. The maximum atomic E-state index is 12.9. The predicted molar refractivity (Wildman–Crippen MR) is 118 cm³/mol. The average molecular weight is 399 g/mol. The maximum Gasteiger partial charge on any atom is 0.253 e. The van der Waals surface area contributed by atoms with Gasteiger partial charge in [0.1, 0.15) is 0 Å². The smallest absolute Gasteiger partial charge is 0.253 e. The minimum atomic E-state index is 0.161. The molecule has 1 amide bonds. The molecule has 2 aromatic rings. The van der Waals surface area contributed by atoms with Crippen LogP contribution in [0.1, 0.15) is 32.5 Å². The number of carbonyl (C=O) groups is 1. The van der Waals surface area contributed by atoms with Crippen LogP contribution in [0.5, 0.6) is 0 Å². The van der Waals surface area contributed by atoms with Gasteiger partial charge in [0.25, 0.3) is 5.91 Å². The molecule has 2 aliphatic heterocycles. The van der Waals surface area contributed by atoms with Crippen molar-refractivity contribution in [3.63, 3.8) is 0 Å². The summed E-state index contributed by atoms with van der Waals surface area (Å²) in [6.45, 7) is 5.47. The molecule has 2 aliphatic rings. The first-order chi connectivity index (χ1) is 13.2. The van der Waals surface area contributed by atoms with Crippen LogP contribution in [0, 0.1) is 6.92 Å². The zero-order valence-electron chi connectivity index (χ0n) is 15.8. The van der Waals surface area contributed by atoms with Gasteiger partial charge in [-0.05, 0) is 60.2 Å². The van der Waals surface area contributed by atoms with Gasteiger partial charge in [-0.3, -0.25) is 4.79 Å². The topological polar surface area (TPSA) is 23.6 Å². The van der Waals surface area contributed by atoms with E-state index in [1.807, 2.05) is 40.6 Å². The molecule has 2 saturated heterocycles. The molecule has 0 aromatic heterocycles. The standard InChI is InChI=1S/C22H26N2OS2/c1-17-4-2-5-20(16-17)23-10-12-24(13-11-23)21(25)18-6-8-19(9-7-18)22-26-14-3-15-27-22/h2,4-9,16,22H,3,10-15H2,1H3. The molecule has 0 atom stereocenters. The fraction of sp³-hybridized carbons (Fsp3) is 0.409. The molecule has 2 fully saturated rings. The minimum absolute atomic E-state index is 0.161. The molecule has 0 saturated carbocycles. The summed E-state index contributed by atoms with van der Waals surface area (Å²) in [6.07, 6.45) is 1.30. The van der Waals surface area contributed by atoms with E-state index in [0.717, 1.165) is 31.7 Å². The average Bonchev–Trinajstić information content (AvgIpc) is 2.74. The highest BCUT2D eigenvalue weighted by atomic mass is 32.2. The van der Waals surface area contributed by atoms with Gasteiger partial charge in [-0.15, -0.1) is 23.5 Å². The van der Waals surface area contributed by atoms with Gasteiger partial charge in [0, 0.05) is 37.4 Å². The second kappa shape index (κ2) is 8.61. The van der Waals surface area contributed by atoms with Crippen molar-refractivity contribution in [1.82, 2.24) is 4.90 Å². The van der Waals surface area contributed by atoms with Gasteiger partial charge >= 0.3 is 0 Å². The Kier molecular flexibility index (Phi) is 5.98. The van der Waals surface area contributed by atoms with E-state index in [2.05, 4.69) is 48.2 Å². The molecule has 0 bridgehead atoms. The number of nitrogens with zero attached hydrogens (tertiary/aromatic N) is 2. The monoisotopic (exact) mass is 398 g/mol. The molecule has 0 aliphatic carbocycles. The summed E-state index contributed by atoms with van der Waals surface area (Å²) in [6, 6.07) is 16.9. The van der Waals surface area contributed by atoms with Gasteiger partial charge in [-0.1, -0.05) is 24.3 Å². The van der Waals surface area contributed by atoms with Crippen LogP contribution >= 0.6 is 23.5 Å². The zero-order chi connectivity index (χ0) is 18.6. The number of anilines is 1. The Hall–Kier alpha value is -1.59. The van der Waals surface area contributed by atoms with Gasteiger partial charge in [0.2, 0.25) is 0 Å². The van der Waals surface area contributed by atoms with Crippen molar-refractivity contribution in [1.29, 1.82) is 0 Å². The highest BCUT2D eigenvalue weighted by Gasteiger charge is 2.23. The van der Waals surface area contributed by atoms with Crippen LogP contribution in [0.15, 0.2) is 48.5 Å². The molecule has 5 heteroatoms. The van der Waals surface area contributed by atoms with Gasteiger partial charge in [0.05, 0.1) is 4.58 Å². The van der Waals surface area contributed by atoms with Crippen molar-refractivity contribution in [2.75, 3.05) is 42.6 Å². The Morgan fingerprint density at radius 2 is 1.67 bits per heavy atom. The maximum absolute atomic E-state index is 12.9. The van der Waals surface area contributed by atoms with Crippen LogP contribution in [-0.2, 0) is 0 Å². The lowest BCUT2D eigenvalue weighted by Crippen LogP contribution is -2.48. The van der Waals surface area contributed by atoms with Crippen molar-refractivity contribution in [3.05, 3.63) is 65.2 Å². The lowest BCUT2D eigenvalue weighted by atomic mass is 10.1. The van der Waals surface area contributed by atoms with E-state index in [-0.39, 0.29) is 5.91 Å². The van der Waals surface area contributed by atoms with E-state index in [1.165, 1.54) is 34.7 Å². The highest BCUT2D eigenvalue weighted by Crippen LogP contribution is 2.43. The summed E-state index contributed by atoms with van der Waals surface area (Å²) in [5.74, 6) is 2.64. The molecule has 2 aromatic carbocycles. The van der Waals surface area contributed by atoms with Gasteiger partial charge in [-0.25, -0.2) is 0 Å². The molecule has 27 heavy (non-hydrogen) atoms. The first kappa shape index (κ1) is 18.8. The van der Waals surface area contributed by atoms with E-state index in [1.54, 1.807) is 0 Å². The van der Waals surface area contributed by atoms with Gasteiger partial charge in [0.15, 0.2) is 0 Å². The Morgan fingerprint density at radius 1 is 0.963 bits per heavy atom. The first-order valence-corrected chi connectivity index (χ1v) is 11.7. The number of piperazine rings is 1. The van der Waals surface area contributed by atoms with Crippen molar-refractivity contribution in [3.8, 4) is 0 Å². The largest absolute Gasteiger partial charge is 0.368 e. The van der Waals surface area contributed by atoms with Crippen LogP contribution in [0.25, 0.3) is 0 Å². The third-order valence-electron chi connectivity index (χ3n) is 5.19. The van der Waals surface area contributed by atoms with Crippen LogP contribution in [0.4, 0.5) is 5.69 Å². The van der Waals surface area contributed by atoms with E-state index < -0.39 is 0 Å². The molecule has 0 unspecified atom stereocenters. The summed E-state index contributed by atoms with van der Waals surface area (Å²) >= 11 is 4.04. The van der Waals surface area contributed by atoms with Gasteiger partial charge < -0.3 is 9.80 Å². The van der Waals surface area contributed by atoms with E-state index in [4.69, 9.17) is 0 Å². The number of aryl methyl sites for hydroxylation is 1. The number of thioether (sulfide) groups is 2. The van der Waals surface area contributed by atoms with Crippen LogP contribution < -0.4 is 4.90 Å². The van der Waals surface area contributed by atoms with Gasteiger partial charge in [-0.2, -0.15) is 0 Å². The Bertz CT molecular complexity index is 779. The number of benzene rings is 2. The molecule has 0 radical (unpaired) electrons. The summed E-state index contributed by atoms with van der Waals surface area (Å²) in [5.41, 5.74) is 4.69. The van der Waals surface area contributed by atoms with Crippen LogP contribution in [-0.4, -0.2) is 48.5 Å².